The fourth-order valence-corrected chi connectivity index (χ4v) is 3.42. The maximum absolute atomic E-state index is 14.2. The van der Waals surface area contributed by atoms with E-state index in [2.05, 4.69) is 10.1 Å². The van der Waals surface area contributed by atoms with Crippen LogP contribution >= 0.6 is 11.6 Å². The lowest BCUT2D eigenvalue weighted by Crippen LogP contribution is -2.25. The molecule has 1 unspecified atom stereocenters. The number of rotatable bonds is 5. The molecule has 0 saturated carbocycles. The number of hydrogen-bond acceptors (Lipinski definition) is 6. The highest BCUT2D eigenvalue weighted by Gasteiger charge is 2.35. The number of nitrogens with zero attached hydrogens (tertiary/aromatic N) is 3. The maximum Gasteiger partial charge on any atom is 0.258 e. The molecule has 150 valence electrons. The van der Waals surface area contributed by atoms with Gasteiger partial charge in [0, 0.05) is 35.5 Å². The second kappa shape index (κ2) is 7.71. The van der Waals surface area contributed by atoms with Gasteiger partial charge in [-0.05, 0) is 30.3 Å². The van der Waals surface area contributed by atoms with E-state index in [1.165, 1.54) is 17.0 Å². The van der Waals surface area contributed by atoms with Gasteiger partial charge in [-0.25, -0.2) is 4.39 Å². The van der Waals surface area contributed by atoms with Crippen LogP contribution in [-0.4, -0.2) is 36.8 Å². The first-order valence-electron chi connectivity index (χ1n) is 8.81. The van der Waals surface area contributed by atoms with Crippen molar-refractivity contribution in [2.75, 3.05) is 25.7 Å². The van der Waals surface area contributed by atoms with Crippen molar-refractivity contribution < 1.29 is 23.2 Å². The van der Waals surface area contributed by atoms with Gasteiger partial charge in [-0.3, -0.25) is 4.79 Å². The van der Waals surface area contributed by atoms with Crippen LogP contribution in [0.1, 0.15) is 18.2 Å². The van der Waals surface area contributed by atoms with Gasteiger partial charge >= 0.3 is 0 Å². The summed E-state index contributed by atoms with van der Waals surface area (Å²) in [5.41, 5.74) is 0.813. The molecule has 1 atom stereocenters. The van der Waals surface area contributed by atoms with Gasteiger partial charge in [-0.1, -0.05) is 16.8 Å². The Morgan fingerprint density at radius 3 is 2.55 bits per heavy atom. The van der Waals surface area contributed by atoms with Crippen molar-refractivity contribution in [3.05, 3.63) is 53.1 Å². The summed E-state index contributed by atoms with van der Waals surface area (Å²) in [7, 11) is 3.10. The Labute approximate surface area is 171 Å². The van der Waals surface area contributed by atoms with E-state index in [1.54, 1.807) is 38.5 Å². The number of ether oxygens (including phenoxy) is 2. The van der Waals surface area contributed by atoms with Gasteiger partial charge in [-0.15, -0.1) is 0 Å². The zero-order valence-corrected chi connectivity index (χ0v) is 16.4. The average Bonchev–Trinajstić information content (AvgIpc) is 3.35. The van der Waals surface area contributed by atoms with Crippen molar-refractivity contribution in [2.45, 2.75) is 12.3 Å². The number of hydrogen-bond donors (Lipinski definition) is 0. The molecule has 0 spiro atoms. The van der Waals surface area contributed by atoms with Crippen LogP contribution < -0.4 is 14.4 Å². The molecule has 29 heavy (non-hydrogen) atoms. The molecule has 2 aromatic carbocycles. The molecular formula is C20H17ClFN3O4. The molecule has 1 saturated heterocycles. The van der Waals surface area contributed by atoms with Gasteiger partial charge in [0.15, 0.2) is 5.82 Å². The summed E-state index contributed by atoms with van der Waals surface area (Å²) in [6.07, 6.45) is 0.155. The van der Waals surface area contributed by atoms with Crippen LogP contribution in [0.15, 0.2) is 40.9 Å². The van der Waals surface area contributed by atoms with E-state index in [0.29, 0.717) is 22.9 Å². The summed E-state index contributed by atoms with van der Waals surface area (Å²) in [6, 6.07) is 9.43. The third-order valence-corrected chi connectivity index (χ3v) is 4.97. The molecule has 7 nitrogen and oxygen atoms in total. The first-order valence-corrected chi connectivity index (χ1v) is 9.18. The van der Waals surface area contributed by atoms with Crippen molar-refractivity contribution in [2.24, 2.45) is 0 Å². The number of halogens is 2. The molecule has 0 radical (unpaired) electrons. The highest BCUT2D eigenvalue weighted by Crippen LogP contribution is 2.34. The van der Waals surface area contributed by atoms with E-state index in [-0.39, 0.29) is 41.4 Å². The van der Waals surface area contributed by atoms with Crippen LogP contribution in [0.25, 0.3) is 11.5 Å². The van der Waals surface area contributed by atoms with Crippen molar-refractivity contribution in [3.63, 3.8) is 0 Å². The number of carbonyl (C=O) groups excluding carboxylic acids is 1. The van der Waals surface area contributed by atoms with E-state index < -0.39 is 5.82 Å². The number of anilines is 1. The normalized spacial score (nSPS) is 16.3. The zero-order chi connectivity index (χ0) is 20.5. The second-order valence-corrected chi connectivity index (χ2v) is 7.00. The fraction of sp³-hybridized carbons (Fsp3) is 0.250. The summed E-state index contributed by atoms with van der Waals surface area (Å²) in [5, 5.41) is 4.29. The number of methoxy groups -OCH3 is 2. The van der Waals surface area contributed by atoms with Gasteiger partial charge in [-0.2, -0.15) is 4.98 Å². The molecule has 9 heteroatoms. The Hall–Kier alpha value is -3.13. The molecular weight excluding hydrogens is 401 g/mol. The number of carbonyl (C=O) groups is 1. The Bertz CT molecular complexity index is 1050. The summed E-state index contributed by atoms with van der Waals surface area (Å²) >= 11 is 5.80. The van der Waals surface area contributed by atoms with Crippen LogP contribution in [0, 0.1) is 5.82 Å². The Morgan fingerprint density at radius 1 is 1.17 bits per heavy atom. The molecule has 1 aliphatic heterocycles. The molecule has 2 heterocycles. The monoisotopic (exact) mass is 417 g/mol. The average molecular weight is 418 g/mol. The van der Waals surface area contributed by atoms with Gasteiger partial charge in [0.2, 0.25) is 5.91 Å². The molecule has 0 bridgehead atoms. The molecule has 1 fully saturated rings. The summed E-state index contributed by atoms with van der Waals surface area (Å²) < 4.78 is 30.1. The van der Waals surface area contributed by atoms with Crippen molar-refractivity contribution >= 4 is 23.2 Å². The van der Waals surface area contributed by atoms with Gasteiger partial charge in [0.25, 0.3) is 5.89 Å². The van der Waals surface area contributed by atoms with Gasteiger partial charge < -0.3 is 18.9 Å². The predicted octanol–water partition coefficient (Wildman–Crippen LogP) is 4.07. The van der Waals surface area contributed by atoms with E-state index in [9.17, 15) is 9.18 Å². The van der Waals surface area contributed by atoms with E-state index >= 15 is 0 Å². The highest BCUT2D eigenvalue weighted by molar-refractivity contribution is 6.30. The first-order chi connectivity index (χ1) is 14.0. The SMILES string of the molecule is COc1cc(OC)cc(-c2nc(C3CC(=O)N(c4ccc(Cl)cc4F)C3)no2)c1. The van der Waals surface area contributed by atoms with Crippen LogP contribution in [0.5, 0.6) is 11.5 Å². The highest BCUT2D eigenvalue weighted by atomic mass is 35.5. The predicted molar refractivity (Wildman–Crippen MR) is 104 cm³/mol. The van der Waals surface area contributed by atoms with Crippen molar-refractivity contribution in [3.8, 4) is 23.0 Å². The smallest absolute Gasteiger partial charge is 0.258 e. The lowest BCUT2D eigenvalue weighted by atomic mass is 10.1. The molecule has 1 aliphatic rings. The summed E-state index contributed by atoms with van der Waals surface area (Å²) in [4.78, 5) is 18.3. The molecule has 3 aromatic rings. The van der Waals surface area contributed by atoms with Crippen LogP contribution in [0.2, 0.25) is 5.02 Å². The minimum atomic E-state index is -0.552. The lowest BCUT2D eigenvalue weighted by Gasteiger charge is -2.17. The lowest BCUT2D eigenvalue weighted by molar-refractivity contribution is -0.117. The van der Waals surface area contributed by atoms with E-state index in [1.807, 2.05) is 0 Å². The zero-order valence-electron chi connectivity index (χ0n) is 15.7. The van der Waals surface area contributed by atoms with Crippen molar-refractivity contribution in [1.82, 2.24) is 10.1 Å². The minimum absolute atomic E-state index is 0.155. The molecule has 0 aliphatic carbocycles. The second-order valence-electron chi connectivity index (χ2n) is 6.56. The van der Waals surface area contributed by atoms with E-state index in [4.69, 9.17) is 25.6 Å². The van der Waals surface area contributed by atoms with Crippen LogP contribution in [-0.2, 0) is 4.79 Å². The number of benzene rings is 2. The molecule has 1 aromatic heterocycles. The third-order valence-electron chi connectivity index (χ3n) is 4.73. The topological polar surface area (TPSA) is 77.7 Å². The summed E-state index contributed by atoms with van der Waals surface area (Å²) in [5.74, 6) is 0.740. The number of aromatic nitrogens is 2. The Morgan fingerprint density at radius 2 is 1.90 bits per heavy atom. The van der Waals surface area contributed by atoms with Crippen molar-refractivity contribution in [1.29, 1.82) is 0 Å². The van der Waals surface area contributed by atoms with Crippen LogP contribution in [0.4, 0.5) is 10.1 Å². The third kappa shape index (κ3) is 3.75. The quantitative estimate of drug-likeness (QED) is 0.622. The van der Waals surface area contributed by atoms with Crippen LogP contribution in [0.3, 0.4) is 0 Å². The molecule has 0 N–H and O–H groups in total. The largest absolute Gasteiger partial charge is 0.497 e. The first kappa shape index (κ1) is 19.2. The summed E-state index contributed by atoms with van der Waals surface area (Å²) in [6.45, 7) is 0.248. The van der Waals surface area contributed by atoms with E-state index in [0.717, 1.165) is 0 Å². The van der Waals surface area contributed by atoms with Gasteiger partial charge in [0.1, 0.15) is 17.3 Å². The Kier molecular flexibility index (Phi) is 5.10. The standard InChI is InChI=1S/C20H17ClFN3O4/c1-27-14-5-11(6-15(9-14)28-2)20-23-19(24-29-20)12-7-18(26)25(10-12)17-4-3-13(21)8-16(17)22/h3-6,8-9,12H,7,10H2,1-2H3. The fourth-order valence-electron chi connectivity index (χ4n) is 3.26. The minimum Gasteiger partial charge on any atom is -0.497 e. The maximum atomic E-state index is 14.2. The molecule has 1 amide bonds. The molecule has 4 rings (SSSR count). The van der Waals surface area contributed by atoms with Gasteiger partial charge in [0.05, 0.1) is 19.9 Å². The Balaban J connectivity index is 1.58. The number of amides is 1.